The average Bonchev–Trinajstić information content (AvgIpc) is 2.99. The second-order valence-corrected chi connectivity index (χ2v) is 9.55. The number of hydrogen-bond donors (Lipinski definition) is 1. The third-order valence-corrected chi connectivity index (χ3v) is 5.66. The molecule has 2 aliphatic rings. The maximum atomic E-state index is 13.2. The standard InChI is InChI=1S/C21H33N3O/c1-20(2)12-17(13-21(3,4)15-20)23-19(25)18(24-10-5-6-11-24)16-8-7-9-22-14-16/h7-9,14,17-18H,5-6,10-13,15H2,1-4H3,(H,23,25)/t18-/m1/s1. The first-order valence-corrected chi connectivity index (χ1v) is 9.70. The van der Waals surface area contributed by atoms with Crippen molar-refractivity contribution in [2.45, 2.75) is 71.9 Å². The summed E-state index contributed by atoms with van der Waals surface area (Å²) in [6, 6.07) is 4.01. The van der Waals surface area contributed by atoms with Crippen LogP contribution in [-0.4, -0.2) is 34.9 Å². The predicted octanol–water partition coefficient (Wildman–Crippen LogP) is 3.94. The van der Waals surface area contributed by atoms with Gasteiger partial charge in [0.2, 0.25) is 5.91 Å². The molecule has 0 spiro atoms. The summed E-state index contributed by atoms with van der Waals surface area (Å²) in [5.74, 6) is 0.147. The Bertz CT molecular complexity index is 574. The van der Waals surface area contributed by atoms with Crippen molar-refractivity contribution in [2.24, 2.45) is 10.8 Å². The van der Waals surface area contributed by atoms with E-state index in [2.05, 4.69) is 42.9 Å². The van der Waals surface area contributed by atoms with Crippen LogP contribution in [0.15, 0.2) is 24.5 Å². The second-order valence-electron chi connectivity index (χ2n) is 9.55. The van der Waals surface area contributed by atoms with Crippen LogP contribution >= 0.6 is 0 Å². The van der Waals surface area contributed by atoms with Crippen molar-refractivity contribution in [2.75, 3.05) is 13.1 Å². The lowest BCUT2D eigenvalue weighted by atomic mass is 9.63. The van der Waals surface area contributed by atoms with Crippen LogP contribution in [0, 0.1) is 10.8 Å². The monoisotopic (exact) mass is 343 g/mol. The zero-order chi connectivity index (χ0) is 18.1. The number of likely N-dealkylation sites (tertiary alicyclic amines) is 1. The van der Waals surface area contributed by atoms with Gasteiger partial charge in [0, 0.05) is 18.4 Å². The van der Waals surface area contributed by atoms with E-state index in [1.54, 1.807) is 6.20 Å². The highest BCUT2D eigenvalue weighted by Gasteiger charge is 2.40. The van der Waals surface area contributed by atoms with Gasteiger partial charge in [0.15, 0.2) is 0 Å². The van der Waals surface area contributed by atoms with Gasteiger partial charge in [0.1, 0.15) is 6.04 Å². The second kappa shape index (κ2) is 7.06. The van der Waals surface area contributed by atoms with Crippen molar-refractivity contribution in [3.05, 3.63) is 30.1 Å². The highest BCUT2D eigenvalue weighted by atomic mass is 16.2. The van der Waals surface area contributed by atoms with Crippen molar-refractivity contribution in [1.82, 2.24) is 15.2 Å². The average molecular weight is 344 g/mol. The lowest BCUT2D eigenvalue weighted by molar-refractivity contribution is -0.128. The highest BCUT2D eigenvalue weighted by molar-refractivity contribution is 5.83. The molecule has 1 amide bonds. The Labute approximate surface area is 152 Å². The summed E-state index contributed by atoms with van der Waals surface area (Å²) in [5.41, 5.74) is 1.56. The molecule has 1 saturated carbocycles. The molecule has 2 heterocycles. The van der Waals surface area contributed by atoms with E-state index in [0.717, 1.165) is 31.5 Å². The summed E-state index contributed by atoms with van der Waals surface area (Å²) in [4.78, 5) is 19.8. The number of hydrogen-bond acceptors (Lipinski definition) is 3. The van der Waals surface area contributed by atoms with Crippen LogP contribution in [-0.2, 0) is 4.79 Å². The SMILES string of the molecule is CC1(C)CC(NC(=O)[C@@H](c2cccnc2)N2CCCC2)CC(C)(C)C1. The Morgan fingerprint density at radius 3 is 2.40 bits per heavy atom. The van der Waals surface area contributed by atoms with Gasteiger partial charge >= 0.3 is 0 Å². The van der Waals surface area contributed by atoms with Crippen LogP contribution in [0.1, 0.15) is 71.4 Å². The number of carbonyl (C=O) groups is 1. The van der Waals surface area contributed by atoms with E-state index in [4.69, 9.17) is 0 Å². The van der Waals surface area contributed by atoms with E-state index in [0.29, 0.717) is 0 Å². The number of rotatable bonds is 4. The van der Waals surface area contributed by atoms with Gasteiger partial charge in [-0.2, -0.15) is 0 Å². The molecular weight excluding hydrogens is 310 g/mol. The van der Waals surface area contributed by atoms with Gasteiger partial charge in [-0.1, -0.05) is 33.8 Å². The summed E-state index contributed by atoms with van der Waals surface area (Å²) < 4.78 is 0. The summed E-state index contributed by atoms with van der Waals surface area (Å²) in [6.45, 7) is 11.3. The molecule has 0 radical (unpaired) electrons. The smallest absolute Gasteiger partial charge is 0.242 e. The molecule has 1 aliphatic carbocycles. The molecule has 2 fully saturated rings. The van der Waals surface area contributed by atoms with E-state index in [1.807, 2.05) is 18.3 Å². The number of carbonyl (C=O) groups excluding carboxylic acids is 1. The van der Waals surface area contributed by atoms with Crippen molar-refractivity contribution in [1.29, 1.82) is 0 Å². The van der Waals surface area contributed by atoms with Crippen LogP contribution < -0.4 is 5.32 Å². The maximum absolute atomic E-state index is 13.2. The first-order chi connectivity index (χ1) is 11.8. The molecule has 4 nitrogen and oxygen atoms in total. The molecule has 4 heteroatoms. The van der Waals surface area contributed by atoms with Crippen molar-refractivity contribution >= 4 is 5.91 Å². The van der Waals surface area contributed by atoms with Gasteiger partial charge in [-0.3, -0.25) is 14.7 Å². The number of pyridine rings is 1. The minimum absolute atomic E-state index is 0.147. The Morgan fingerprint density at radius 1 is 1.20 bits per heavy atom. The number of aromatic nitrogens is 1. The summed E-state index contributed by atoms with van der Waals surface area (Å²) in [5, 5.41) is 3.40. The molecule has 0 bridgehead atoms. The van der Waals surface area contributed by atoms with Crippen molar-refractivity contribution in [3.63, 3.8) is 0 Å². The molecule has 1 saturated heterocycles. The predicted molar refractivity (Wildman–Crippen MR) is 101 cm³/mol. The largest absolute Gasteiger partial charge is 0.352 e. The molecule has 138 valence electrons. The fourth-order valence-corrected chi connectivity index (χ4v) is 5.29. The van der Waals surface area contributed by atoms with E-state index >= 15 is 0 Å². The number of nitrogens with zero attached hydrogens (tertiary/aromatic N) is 2. The van der Waals surface area contributed by atoms with Gasteiger partial charge in [-0.15, -0.1) is 0 Å². The van der Waals surface area contributed by atoms with Crippen LogP contribution in [0.3, 0.4) is 0 Å². The van der Waals surface area contributed by atoms with Crippen LogP contribution in [0.2, 0.25) is 0 Å². The Balaban J connectivity index is 1.76. The number of amides is 1. The van der Waals surface area contributed by atoms with Gasteiger partial charge in [0.25, 0.3) is 0 Å². The molecular formula is C21H33N3O. The molecule has 1 aliphatic heterocycles. The summed E-state index contributed by atoms with van der Waals surface area (Å²) in [7, 11) is 0. The minimum Gasteiger partial charge on any atom is -0.352 e. The summed E-state index contributed by atoms with van der Waals surface area (Å²) >= 11 is 0. The molecule has 3 rings (SSSR count). The maximum Gasteiger partial charge on any atom is 0.242 e. The van der Waals surface area contributed by atoms with Gasteiger partial charge in [-0.25, -0.2) is 0 Å². The topological polar surface area (TPSA) is 45.2 Å². The zero-order valence-electron chi connectivity index (χ0n) is 16.2. The normalized spacial score (nSPS) is 24.8. The third-order valence-electron chi connectivity index (χ3n) is 5.66. The van der Waals surface area contributed by atoms with Gasteiger partial charge in [-0.05, 0) is 67.7 Å². The molecule has 0 unspecified atom stereocenters. The van der Waals surface area contributed by atoms with Crippen LogP contribution in [0.25, 0.3) is 0 Å². The fraction of sp³-hybridized carbons (Fsp3) is 0.714. The highest BCUT2D eigenvalue weighted by Crippen LogP contribution is 2.45. The van der Waals surface area contributed by atoms with Gasteiger partial charge < -0.3 is 5.32 Å². The zero-order valence-corrected chi connectivity index (χ0v) is 16.2. The first kappa shape index (κ1) is 18.4. The van der Waals surface area contributed by atoms with Crippen LogP contribution in [0.5, 0.6) is 0 Å². The van der Waals surface area contributed by atoms with Crippen molar-refractivity contribution < 1.29 is 4.79 Å². The fourth-order valence-electron chi connectivity index (χ4n) is 5.29. The number of nitrogens with one attached hydrogen (secondary N) is 1. The minimum atomic E-state index is -0.204. The van der Waals surface area contributed by atoms with Gasteiger partial charge in [0.05, 0.1) is 0 Å². The quantitative estimate of drug-likeness (QED) is 0.900. The lowest BCUT2D eigenvalue weighted by Gasteiger charge is -2.45. The molecule has 1 aromatic rings. The molecule has 1 aromatic heterocycles. The van der Waals surface area contributed by atoms with E-state index < -0.39 is 0 Å². The van der Waals surface area contributed by atoms with E-state index in [1.165, 1.54) is 19.3 Å². The van der Waals surface area contributed by atoms with Crippen molar-refractivity contribution in [3.8, 4) is 0 Å². The Kier molecular flexibility index (Phi) is 5.19. The third kappa shape index (κ3) is 4.60. The molecule has 25 heavy (non-hydrogen) atoms. The molecule has 1 atom stereocenters. The molecule has 0 aromatic carbocycles. The Morgan fingerprint density at radius 2 is 1.84 bits per heavy atom. The van der Waals surface area contributed by atoms with E-state index in [9.17, 15) is 4.79 Å². The van der Waals surface area contributed by atoms with Crippen LogP contribution in [0.4, 0.5) is 0 Å². The first-order valence-electron chi connectivity index (χ1n) is 9.70. The lowest BCUT2D eigenvalue weighted by Crippen LogP contribution is -2.49. The van der Waals surface area contributed by atoms with E-state index in [-0.39, 0.29) is 28.8 Å². The Hall–Kier alpha value is -1.42. The summed E-state index contributed by atoms with van der Waals surface area (Å²) in [6.07, 6.45) is 9.29. The molecule has 1 N–H and O–H groups in total.